The summed E-state index contributed by atoms with van der Waals surface area (Å²) in [7, 11) is 0. The van der Waals surface area contributed by atoms with Gasteiger partial charge in [-0.1, -0.05) is 12.1 Å². The highest BCUT2D eigenvalue weighted by atomic mass is 16.5. The predicted octanol–water partition coefficient (Wildman–Crippen LogP) is 1.77. The van der Waals surface area contributed by atoms with Crippen LogP contribution < -0.4 is 5.32 Å². The highest BCUT2D eigenvalue weighted by Gasteiger charge is 2.19. The first-order chi connectivity index (χ1) is 13.0. The Morgan fingerprint density at radius 2 is 2.30 bits per heavy atom. The van der Waals surface area contributed by atoms with E-state index in [1.165, 1.54) is 10.7 Å². The molecule has 0 saturated carbocycles. The van der Waals surface area contributed by atoms with Crippen LogP contribution in [0, 0.1) is 0 Å². The van der Waals surface area contributed by atoms with Crippen molar-refractivity contribution < 1.29 is 24.2 Å². The molecule has 8 heteroatoms. The number of hydrogen-bond acceptors (Lipinski definition) is 5. The number of rotatable bonds is 8. The van der Waals surface area contributed by atoms with Crippen molar-refractivity contribution in [2.45, 2.75) is 38.5 Å². The van der Waals surface area contributed by atoms with Gasteiger partial charge in [-0.15, -0.1) is 0 Å². The fraction of sp³-hybridized carbons (Fsp3) is 0.421. The van der Waals surface area contributed by atoms with E-state index in [9.17, 15) is 9.59 Å². The molecule has 1 aromatic heterocycles. The molecule has 0 bridgehead atoms. The van der Waals surface area contributed by atoms with Crippen LogP contribution >= 0.6 is 0 Å². The molecule has 2 aromatic rings. The summed E-state index contributed by atoms with van der Waals surface area (Å²) in [5.74, 6) is -1.26. The first-order valence-electron chi connectivity index (χ1n) is 8.92. The molecule has 1 fully saturated rings. The Labute approximate surface area is 157 Å². The molecule has 2 atom stereocenters. The van der Waals surface area contributed by atoms with Crippen molar-refractivity contribution in [2.24, 2.45) is 0 Å². The van der Waals surface area contributed by atoms with Crippen molar-refractivity contribution in [1.29, 1.82) is 0 Å². The van der Waals surface area contributed by atoms with E-state index in [0.29, 0.717) is 13.2 Å². The van der Waals surface area contributed by atoms with E-state index in [0.717, 1.165) is 30.7 Å². The second kappa shape index (κ2) is 8.79. The second-order valence-corrected chi connectivity index (χ2v) is 6.45. The molecule has 3 rings (SSSR count). The number of aromatic nitrogens is 2. The minimum Gasteiger partial charge on any atom is -0.476 e. The van der Waals surface area contributed by atoms with Gasteiger partial charge in [0.05, 0.1) is 18.4 Å². The van der Waals surface area contributed by atoms with Crippen LogP contribution in [-0.4, -0.2) is 52.2 Å². The predicted molar refractivity (Wildman–Crippen MR) is 96.8 cm³/mol. The number of ether oxygens (including phenoxy) is 2. The van der Waals surface area contributed by atoms with Crippen molar-refractivity contribution in [3.63, 3.8) is 0 Å². The van der Waals surface area contributed by atoms with Crippen molar-refractivity contribution >= 4 is 11.9 Å². The quantitative estimate of drug-likeness (QED) is 0.731. The number of aromatic carboxylic acids is 1. The number of carbonyl (C=O) groups is 2. The molecular weight excluding hydrogens is 350 g/mol. The van der Waals surface area contributed by atoms with Gasteiger partial charge in [0.1, 0.15) is 6.10 Å². The van der Waals surface area contributed by atoms with Gasteiger partial charge < -0.3 is 19.9 Å². The zero-order valence-electron chi connectivity index (χ0n) is 15.1. The molecule has 0 spiro atoms. The number of benzene rings is 1. The van der Waals surface area contributed by atoms with Gasteiger partial charge in [-0.05, 0) is 43.5 Å². The normalized spacial score (nSPS) is 17.6. The summed E-state index contributed by atoms with van der Waals surface area (Å²) in [6.07, 6.45) is 3.12. The molecule has 1 amide bonds. The fourth-order valence-corrected chi connectivity index (χ4v) is 2.83. The van der Waals surface area contributed by atoms with Crippen LogP contribution in [0.25, 0.3) is 5.69 Å². The van der Waals surface area contributed by atoms with Crippen molar-refractivity contribution in [1.82, 2.24) is 15.1 Å². The Hall–Kier alpha value is -2.71. The van der Waals surface area contributed by atoms with Crippen LogP contribution in [0.5, 0.6) is 0 Å². The number of nitrogens with one attached hydrogen (secondary N) is 1. The summed E-state index contributed by atoms with van der Waals surface area (Å²) in [5, 5.41) is 15.8. The second-order valence-electron chi connectivity index (χ2n) is 6.45. The van der Waals surface area contributed by atoms with Gasteiger partial charge in [0, 0.05) is 19.3 Å². The highest BCUT2D eigenvalue weighted by molar-refractivity contribution is 5.85. The zero-order chi connectivity index (χ0) is 19.2. The van der Waals surface area contributed by atoms with Crippen LogP contribution in [0.3, 0.4) is 0 Å². The molecule has 0 aliphatic carbocycles. The van der Waals surface area contributed by atoms with E-state index in [-0.39, 0.29) is 17.7 Å². The molecule has 1 aromatic carbocycles. The third kappa shape index (κ3) is 5.15. The number of hydrogen-bond donors (Lipinski definition) is 2. The molecular formula is C19H23N3O5. The number of carboxylic acid groups (broad SMARTS) is 1. The number of carboxylic acids is 1. The lowest BCUT2D eigenvalue weighted by molar-refractivity contribution is -0.133. The van der Waals surface area contributed by atoms with Crippen LogP contribution in [0.4, 0.5) is 0 Å². The lowest BCUT2D eigenvalue weighted by atomic mass is 10.2. The van der Waals surface area contributed by atoms with E-state index in [4.69, 9.17) is 14.6 Å². The molecule has 144 valence electrons. The highest BCUT2D eigenvalue weighted by Crippen LogP contribution is 2.13. The van der Waals surface area contributed by atoms with Crippen LogP contribution in [-0.2, 0) is 20.8 Å². The number of carbonyl (C=O) groups excluding carboxylic acids is 1. The smallest absolute Gasteiger partial charge is 0.356 e. The van der Waals surface area contributed by atoms with Crippen LogP contribution in [0.2, 0.25) is 0 Å². The van der Waals surface area contributed by atoms with Gasteiger partial charge in [-0.2, -0.15) is 5.10 Å². The van der Waals surface area contributed by atoms with E-state index in [1.54, 1.807) is 13.1 Å². The van der Waals surface area contributed by atoms with Gasteiger partial charge in [-0.25, -0.2) is 9.48 Å². The number of amides is 1. The Balaban J connectivity index is 1.52. The van der Waals surface area contributed by atoms with Gasteiger partial charge in [0.15, 0.2) is 5.69 Å². The summed E-state index contributed by atoms with van der Waals surface area (Å²) in [6, 6.07) is 8.80. The van der Waals surface area contributed by atoms with Gasteiger partial charge in [0.25, 0.3) is 0 Å². The van der Waals surface area contributed by atoms with E-state index in [1.807, 2.05) is 24.3 Å². The summed E-state index contributed by atoms with van der Waals surface area (Å²) in [5.41, 5.74) is 1.57. The maximum atomic E-state index is 12.2. The van der Waals surface area contributed by atoms with Crippen molar-refractivity contribution in [2.75, 3.05) is 13.2 Å². The average molecular weight is 373 g/mol. The standard InChI is InChI=1S/C19H23N3O5/c1-13(27-12-16-6-3-9-26-16)18(23)20-11-14-4-2-5-15(10-14)22-8-7-17(21-22)19(24)25/h2,4-5,7-8,10,13,16H,3,6,9,11-12H2,1H3,(H,20,23)(H,24,25). The minimum absolute atomic E-state index is 0.0223. The third-order valence-electron chi connectivity index (χ3n) is 4.38. The summed E-state index contributed by atoms with van der Waals surface area (Å²) in [6.45, 7) is 3.25. The van der Waals surface area contributed by atoms with E-state index in [2.05, 4.69) is 10.4 Å². The minimum atomic E-state index is -1.07. The lowest BCUT2D eigenvalue weighted by Crippen LogP contribution is -2.35. The Kier molecular flexibility index (Phi) is 6.20. The fourth-order valence-electron chi connectivity index (χ4n) is 2.83. The summed E-state index contributed by atoms with van der Waals surface area (Å²) in [4.78, 5) is 23.1. The zero-order valence-corrected chi connectivity index (χ0v) is 15.1. The molecule has 1 aliphatic heterocycles. The first-order valence-corrected chi connectivity index (χ1v) is 8.92. The maximum absolute atomic E-state index is 12.2. The molecule has 2 heterocycles. The summed E-state index contributed by atoms with van der Waals surface area (Å²) < 4.78 is 12.6. The molecule has 0 radical (unpaired) electrons. The van der Waals surface area contributed by atoms with Gasteiger partial charge in [-0.3, -0.25) is 4.79 Å². The summed E-state index contributed by atoms with van der Waals surface area (Å²) >= 11 is 0. The largest absolute Gasteiger partial charge is 0.476 e. The van der Waals surface area contributed by atoms with Crippen LogP contribution in [0.1, 0.15) is 35.8 Å². The van der Waals surface area contributed by atoms with Gasteiger partial charge in [0.2, 0.25) is 5.91 Å². The molecule has 2 N–H and O–H groups in total. The average Bonchev–Trinajstić information content (AvgIpc) is 3.36. The third-order valence-corrected chi connectivity index (χ3v) is 4.38. The first kappa shape index (κ1) is 19.1. The number of nitrogens with zero attached hydrogens (tertiary/aromatic N) is 2. The Bertz CT molecular complexity index is 798. The van der Waals surface area contributed by atoms with Crippen molar-refractivity contribution in [3.8, 4) is 5.69 Å². The van der Waals surface area contributed by atoms with E-state index < -0.39 is 12.1 Å². The monoisotopic (exact) mass is 373 g/mol. The lowest BCUT2D eigenvalue weighted by Gasteiger charge is -2.16. The van der Waals surface area contributed by atoms with Gasteiger partial charge >= 0.3 is 5.97 Å². The molecule has 1 saturated heterocycles. The van der Waals surface area contributed by atoms with Crippen molar-refractivity contribution in [3.05, 3.63) is 47.8 Å². The molecule has 2 unspecified atom stereocenters. The SMILES string of the molecule is CC(OCC1CCCO1)C(=O)NCc1cccc(-n2ccc(C(=O)O)n2)c1. The molecule has 1 aliphatic rings. The maximum Gasteiger partial charge on any atom is 0.356 e. The Morgan fingerprint density at radius 1 is 1.44 bits per heavy atom. The molecule has 8 nitrogen and oxygen atoms in total. The Morgan fingerprint density at radius 3 is 3.00 bits per heavy atom. The topological polar surface area (TPSA) is 103 Å². The van der Waals surface area contributed by atoms with Crippen LogP contribution in [0.15, 0.2) is 36.5 Å². The molecule has 27 heavy (non-hydrogen) atoms. The van der Waals surface area contributed by atoms with E-state index >= 15 is 0 Å².